The molecule has 0 spiro atoms. The van der Waals surface area contributed by atoms with E-state index in [-0.39, 0.29) is 17.0 Å². The van der Waals surface area contributed by atoms with Gasteiger partial charge in [0.05, 0.1) is 11.9 Å². The number of benzene rings is 1. The first-order valence-corrected chi connectivity index (χ1v) is 12.1. The van der Waals surface area contributed by atoms with Crippen LogP contribution < -0.4 is 5.32 Å². The van der Waals surface area contributed by atoms with Gasteiger partial charge in [0.2, 0.25) is 0 Å². The Morgan fingerprint density at radius 3 is 2.51 bits per heavy atom. The maximum atomic E-state index is 12.8. The molecule has 0 aliphatic heterocycles. The molecule has 35 heavy (non-hydrogen) atoms. The molecule has 1 amide bonds. The topological polar surface area (TPSA) is 103 Å². The van der Waals surface area contributed by atoms with E-state index in [4.69, 9.17) is 5.10 Å². The van der Waals surface area contributed by atoms with Crippen molar-refractivity contribution in [3.05, 3.63) is 76.1 Å². The molecular weight excluding hydrogens is 555 g/mol. The fraction of sp³-hybridized carbons (Fsp3) is 0.200. The maximum absolute atomic E-state index is 12.8. The third-order valence-electron chi connectivity index (χ3n) is 5.45. The first kappa shape index (κ1) is 23.1. The van der Waals surface area contributed by atoms with E-state index in [9.17, 15) is 4.79 Å². The number of fused-ring (bicyclic) bond motifs is 1. The summed E-state index contributed by atoms with van der Waals surface area (Å²) in [6.07, 6.45) is 5.04. The number of halogens is 1. The largest absolute Gasteiger partial charge is 0.304 e. The van der Waals surface area contributed by atoms with Crippen molar-refractivity contribution < 1.29 is 4.79 Å². The van der Waals surface area contributed by atoms with E-state index in [1.165, 1.54) is 6.33 Å². The Morgan fingerprint density at radius 1 is 1.00 bits per heavy atom. The van der Waals surface area contributed by atoms with Crippen LogP contribution in [0.3, 0.4) is 0 Å². The number of rotatable bonds is 4. The Bertz CT molecular complexity index is 1550. The van der Waals surface area contributed by atoms with E-state index in [2.05, 4.69) is 72.2 Å². The van der Waals surface area contributed by atoms with E-state index < -0.39 is 0 Å². The van der Waals surface area contributed by atoms with Gasteiger partial charge in [-0.05, 0) is 52.9 Å². The van der Waals surface area contributed by atoms with Gasteiger partial charge >= 0.3 is 0 Å². The number of carbonyl (C=O) groups is 1. The first-order chi connectivity index (χ1) is 16.7. The quantitative estimate of drug-likeness (QED) is 0.309. The molecule has 9 nitrogen and oxygen atoms in total. The number of anilines is 1. The lowest BCUT2D eigenvalue weighted by atomic mass is 9.91. The van der Waals surface area contributed by atoms with Crippen LogP contribution in [0.1, 0.15) is 37.0 Å². The van der Waals surface area contributed by atoms with Crippen molar-refractivity contribution in [3.63, 3.8) is 0 Å². The Balaban J connectivity index is 1.44. The van der Waals surface area contributed by atoms with Crippen LogP contribution in [0.2, 0.25) is 0 Å². The molecule has 4 heterocycles. The molecule has 0 fully saturated rings. The number of aromatic nitrogens is 7. The summed E-state index contributed by atoms with van der Waals surface area (Å²) in [7, 11) is 1.89. The fourth-order valence-corrected chi connectivity index (χ4v) is 4.01. The number of nitrogens with zero attached hydrogens (tertiary/aromatic N) is 7. The minimum Gasteiger partial charge on any atom is -0.304 e. The number of nitrogens with one attached hydrogen (secondary N) is 1. The van der Waals surface area contributed by atoms with Gasteiger partial charge in [0.15, 0.2) is 11.5 Å². The number of amides is 1. The minimum atomic E-state index is -0.352. The standard InChI is InChI=1S/C25H23IN8O/c1-25(2,3)20-11-19(27-14-28-20)24(35)30-21-13-34-22(29-21)10-9-18(31-34)17-12-33(4)32-23(17)15-5-7-16(26)8-6-15/h5-14H,1-4H3,(H,30,35). The molecule has 10 heteroatoms. The molecule has 1 N–H and O–H groups in total. The molecule has 0 radical (unpaired) electrons. The van der Waals surface area contributed by atoms with E-state index in [1.807, 2.05) is 46.1 Å². The van der Waals surface area contributed by atoms with E-state index >= 15 is 0 Å². The Morgan fingerprint density at radius 2 is 1.77 bits per heavy atom. The van der Waals surface area contributed by atoms with Gasteiger partial charge in [0.25, 0.3) is 5.91 Å². The number of hydrogen-bond acceptors (Lipinski definition) is 6. The van der Waals surface area contributed by atoms with Crippen molar-refractivity contribution in [1.82, 2.24) is 34.3 Å². The van der Waals surface area contributed by atoms with Gasteiger partial charge in [0, 0.05) is 39.1 Å². The first-order valence-electron chi connectivity index (χ1n) is 11.0. The lowest BCUT2D eigenvalue weighted by Gasteiger charge is -2.17. The zero-order chi connectivity index (χ0) is 24.7. The molecule has 0 unspecified atom stereocenters. The Labute approximate surface area is 215 Å². The van der Waals surface area contributed by atoms with Crippen molar-refractivity contribution in [3.8, 4) is 22.5 Å². The molecule has 0 aliphatic carbocycles. The van der Waals surface area contributed by atoms with Gasteiger partial charge in [-0.2, -0.15) is 10.2 Å². The van der Waals surface area contributed by atoms with Crippen molar-refractivity contribution in [1.29, 1.82) is 0 Å². The van der Waals surface area contributed by atoms with Crippen LogP contribution in [0, 0.1) is 3.57 Å². The molecule has 0 saturated heterocycles. The number of imidazole rings is 1. The van der Waals surface area contributed by atoms with Crippen LogP contribution in [-0.4, -0.2) is 40.3 Å². The molecule has 0 atom stereocenters. The van der Waals surface area contributed by atoms with Gasteiger partial charge in [0.1, 0.15) is 17.7 Å². The normalized spacial score (nSPS) is 11.7. The van der Waals surface area contributed by atoms with Crippen LogP contribution in [-0.2, 0) is 12.5 Å². The summed E-state index contributed by atoms with van der Waals surface area (Å²) in [6.45, 7) is 6.11. The third-order valence-corrected chi connectivity index (χ3v) is 6.17. The monoisotopic (exact) mass is 578 g/mol. The highest BCUT2D eigenvalue weighted by Gasteiger charge is 2.19. The molecule has 0 aliphatic rings. The second kappa shape index (κ2) is 8.84. The summed E-state index contributed by atoms with van der Waals surface area (Å²) >= 11 is 2.28. The van der Waals surface area contributed by atoms with Gasteiger partial charge in [-0.1, -0.05) is 32.9 Å². The summed E-state index contributed by atoms with van der Waals surface area (Å²) in [5.74, 6) is 0.0365. The van der Waals surface area contributed by atoms with E-state index in [1.54, 1.807) is 21.5 Å². The highest BCUT2D eigenvalue weighted by molar-refractivity contribution is 14.1. The van der Waals surface area contributed by atoms with Gasteiger partial charge in [-0.25, -0.2) is 19.5 Å². The lowest BCUT2D eigenvalue weighted by molar-refractivity contribution is 0.102. The van der Waals surface area contributed by atoms with Crippen molar-refractivity contribution in [2.24, 2.45) is 7.05 Å². The molecular formula is C25H23IN8O. The Hall–Kier alpha value is -3.67. The third kappa shape index (κ3) is 4.78. The number of carbonyl (C=O) groups excluding carboxylic acids is 1. The summed E-state index contributed by atoms with van der Waals surface area (Å²) in [5, 5.41) is 12.2. The minimum absolute atomic E-state index is 0.190. The second-order valence-corrected chi connectivity index (χ2v) is 10.5. The maximum Gasteiger partial charge on any atom is 0.275 e. The molecule has 4 aromatic heterocycles. The summed E-state index contributed by atoms with van der Waals surface area (Å²) in [4.78, 5) is 25.7. The van der Waals surface area contributed by atoms with Gasteiger partial charge in [-0.15, -0.1) is 0 Å². The van der Waals surface area contributed by atoms with Gasteiger partial charge in [-0.3, -0.25) is 9.48 Å². The number of aryl methyl sites for hydroxylation is 1. The van der Waals surface area contributed by atoms with Crippen LogP contribution in [0.15, 0.2) is 61.2 Å². The zero-order valence-electron chi connectivity index (χ0n) is 19.7. The van der Waals surface area contributed by atoms with E-state index in [0.717, 1.165) is 31.8 Å². The van der Waals surface area contributed by atoms with E-state index in [0.29, 0.717) is 11.5 Å². The summed E-state index contributed by atoms with van der Waals surface area (Å²) in [6, 6.07) is 13.7. The lowest BCUT2D eigenvalue weighted by Crippen LogP contribution is -2.18. The average molecular weight is 578 g/mol. The van der Waals surface area contributed by atoms with Crippen LogP contribution in [0.4, 0.5) is 5.82 Å². The molecule has 5 rings (SSSR count). The highest BCUT2D eigenvalue weighted by Crippen LogP contribution is 2.30. The predicted octanol–water partition coefficient (Wildman–Crippen LogP) is 4.74. The van der Waals surface area contributed by atoms with Crippen LogP contribution in [0.5, 0.6) is 0 Å². The fourth-order valence-electron chi connectivity index (χ4n) is 3.65. The SMILES string of the molecule is Cn1cc(-c2ccc3nc(NC(=O)c4cc(C(C)(C)C)ncn4)cn3n2)c(-c2ccc(I)cc2)n1. The molecule has 0 saturated carbocycles. The molecule has 5 aromatic rings. The zero-order valence-corrected chi connectivity index (χ0v) is 21.8. The summed E-state index contributed by atoms with van der Waals surface area (Å²) < 4.78 is 4.59. The molecule has 0 bridgehead atoms. The molecule has 176 valence electrons. The molecule has 1 aromatic carbocycles. The van der Waals surface area contributed by atoms with Crippen molar-refractivity contribution in [2.75, 3.05) is 5.32 Å². The van der Waals surface area contributed by atoms with Crippen molar-refractivity contribution >= 4 is 40.0 Å². The van der Waals surface area contributed by atoms with Crippen LogP contribution in [0.25, 0.3) is 28.2 Å². The summed E-state index contributed by atoms with van der Waals surface area (Å²) in [5.41, 5.74) is 5.02. The smallest absolute Gasteiger partial charge is 0.275 e. The number of hydrogen-bond donors (Lipinski definition) is 1. The second-order valence-electron chi connectivity index (χ2n) is 9.21. The van der Waals surface area contributed by atoms with Crippen molar-refractivity contribution in [2.45, 2.75) is 26.2 Å². The van der Waals surface area contributed by atoms with Gasteiger partial charge < -0.3 is 5.32 Å². The highest BCUT2D eigenvalue weighted by atomic mass is 127. The predicted molar refractivity (Wildman–Crippen MR) is 142 cm³/mol. The Kier molecular flexibility index (Phi) is 5.83. The average Bonchev–Trinajstić information content (AvgIpc) is 3.41. The van der Waals surface area contributed by atoms with Crippen LogP contribution >= 0.6 is 22.6 Å².